The number of thiophene rings is 1. The van der Waals surface area contributed by atoms with E-state index in [0.717, 1.165) is 16.3 Å². The van der Waals surface area contributed by atoms with E-state index in [1.54, 1.807) is 10.7 Å². The molecule has 0 aliphatic heterocycles. The molecule has 1 amide bonds. The summed E-state index contributed by atoms with van der Waals surface area (Å²) >= 11 is 1.36. The second kappa shape index (κ2) is 5.96. The first kappa shape index (κ1) is 14.4. The van der Waals surface area contributed by atoms with Crippen molar-refractivity contribution in [1.82, 2.24) is 15.1 Å². The molecule has 2 aromatic rings. The predicted octanol–water partition coefficient (Wildman–Crippen LogP) is 1.73. The molecule has 0 unspecified atom stereocenters. The number of rotatable bonds is 5. The van der Waals surface area contributed by atoms with Crippen LogP contribution in [0.15, 0.2) is 12.3 Å². The van der Waals surface area contributed by atoms with Crippen molar-refractivity contribution in [3.8, 4) is 0 Å². The van der Waals surface area contributed by atoms with Crippen molar-refractivity contribution in [3.63, 3.8) is 0 Å². The van der Waals surface area contributed by atoms with Crippen molar-refractivity contribution in [1.29, 1.82) is 0 Å². The highest BCUT2D eigenvalue weighted by molar-refractivity contribution is 7.18. The van der Waals surface area contributed by atoms with Crippen molar-refractivity contribution in [2.75, 3.05) is 17.6 Å². The van der Waals surface area contributed by atoms with Crippen LogP contribution in [0, 0.1) is 6.92 Å². The van der Waals surface area contributed by atoms with Crippen LogP contribution in [0.5, 0.6) is 0 Å². The van der Waals surface area contributed by atoms with Crippen molar-refractivity contribution < 1.29 is 4.79 Å². The van der Waals surface area contributed by atoms with E-state index >= 15 is 0 Å². The van der Waals surface area contributed by atoms with Gasteiger partial charge in [-0.3, -0.25) is 9.48 Å². The maximum atomic E-state index is 11.8. The number of hydrogen-bond donors (Lipinski definition) is 3. The van der Waals surface area contributed by atoms with Crippen molar-refractivity contribution in [3.05, 3.63) is 28.4 Å². The zero-order chi connectivity index (χ0) is 14.7. The number of hydrogen-bond acceptors (Lipinski definition) is 5. The maximum absolute atomic E-state index is 11.8. The lowest BCUT2D eigenvalue weighted by Gasteiger charge is -2.01. The molecule has 4 N–H and O–H groups in total. The topological polar surface area (TPSA) is 85.0 Å². The summed E-state index contributed by atoms with van der Waals surface area (Å²) in [6, 6.07) is 1.79. The average Bonchev–Trinajstić information content (AvgIpc) is 2.90. The second-order valence-electron chi connectivity index (χ2n) is 4.52. The fourth-order valence-corrected chi connectivity index (χ4v) is 2.81. The molecule has 7 heteroatoms. The smallest absolute Gasteiger partial charge is 0.263 e. The molecule has 20 heavy (non-hydrogen) atoms. The van der Waals surface area contributed by atoms with Gasteiger partial charge < -0.3 is 16.4 Å². The number of nitrogens with zero attached hydrogens (tertiary/aromatic N) is 2. The number of aryl methyl sites for hydroxylation is 2. The molecular formula is C13H19N5OS. The van der Waals surface area contributed by atoms with Crippen LogP contribution in [0.2, 0.25) is 0 Å². The van der Waals surface area contributed by atoms with Crippen LogP contribution in [0.25, 0.3) is 0 Å². The van der Waals surface area contributed by atoms with Gasteiger partial charge >= 0.3 is 0 Å². The van der Waals surface area contributed by atoms with Gasteiger partial charge in [0.15, 0.2) is 0 Å². The Bertz CT molecular complexity index is 616. The molecule has 2 rings (SSSR count). The Labute approximate surface area is 122 Å². The molecule has 0 aliphatic carbocycles. The molecule has 0 saturated heterocycles. The monoisotopic (exact) mass is 293 g/mol. The molecule has 2 aromatic heterocycles. The van der Waals surface area contributed by atoms with Crippen LogP contribution >= 0.6 is 11.3 Å². The highest BCUT2D eigenvalue weighted by atomic mass is 32.1. The Morgan fingerprint density at radius 2 is 2.30 bits per heavy atom. The Morgan fingerprint density at radius 3 is 2.90 bits per heavy atom. The molecule has 0 saturated carbocycles. The summed E-state index contributed by atoms with van der Waals surface area (Å²) in [6.45, 7) is 5.11. The third-order valence-electron chi connectivity index (χ3n) is 2.87. The highest BCUT2D eigenvalue weighted by Crippen LogP contribution is 2.29. The highest BCUT2D eigenvalue weighted by Gasteiger charge is 2.13. The van der Waals surface area contributed by atoms with Gasteiger partial charge in [-0.2, -0.15) is 5.10 Å². The molecule has 0 atom stereocenters. The summed E-state index contributed by atoms with van der Waals surface area (Å²) < 4.78 is 1.79. The molecular weight excluding hydrogens is 274 g/mol. The van der Waals surface area contributed by atoms with Crippen molar-refractivity contribution in [2.24, 2.45) is 7.05 Å². The lowest BCUT2D eigenvalue weighted by Crippen LogP contribution is -2.22. The van der Waals surface area contributed by atoms with Gasteiger partial charge in [-0.25, -0.2) is 0 Å². The van der Waals surface area contributed by atoms with E-state index < -0.39 is 0 Å². The molecule has 2 heterocycles. The van der Waals surface area contributed by atoms with E-state index in [9.17, 15) is 4.79 Å². The van der Waals surface area contributed by atoms with Gasteiger partial charge in [-0.15, -0.1) is 11.3 Å². The van der Waals surface area contributed by atoms with Gasteiger partial charge in [0.05, 0.1) is 16.4 Å². The first-order valence-corrected chi connectivity index (χ1v) is 7.23. The molecule has 0 fully saturated rings. The molecule has 6 nitrogen and oxygen atoms in total. The van der Waals surface area contributed by atoms with Crippen LogP contribution < -0.4 is 16.4 Å². The lowest BCUT2D eigenvalue weighted by molar-refractivity contribution is 0.0960. The standard InChI is InChI=1S/C13H19N5OS/c1-4-15-13(19)12-10(14)5-11(20-12)16-6-9-7-18(3)17-8(9)2/h5,7,16H,4,6,14H2,1-3H3,(H,15,19). The molecule has 0 radical (unpaired) electrons. The predicted molar refractivity (Wildman–Crippen MR) is 82.0 cm³/mol. The van der Waals surface area contributed by atoms with E-state index in [2.05, 4.69) is 15.7 Å². The third-order valence-corrected chi connectivity index (χ3v) is 3.98. The Morgan fingerprint density at radius 1 is 1.55 bits per heavy atom. The van der Waals surface area contributed by atoms with Crippen LogP contribution in [0.1, 0.15) is 27.9 Å². The largest absolute Gasteiger partial charge is 0.397 e. The number of carbonyl (C=O) groups is 1. The van der Waals surface area contributed by atoms with Crippen molar-refractivity contribution >= 4 is 27.9 Å². The summed E-state index contributed by atoms with van der Waals surface area (Å²) in [6.07, 6.45) is 1.98. The van der Waals surface area contributed by atoms with Crippen molar-refractivity contribution in [2.45, 2.75) is 20.4 Å². The number of anilines is 2. The van der Waals surface area contributed by atoms with E-state index in [1.807, 2.05) is 27.1 Å². The normalized spacial score (nSPS) is 10.6. The van der Waals surface area contributed by atoms with Gasteiger partial charge in [-0.1, -0.05) is 0 Å². The second-order valence-corrected chi connectivity index (χ2v) is 5.57. The van der Waals surface area contributed by atoms with Crippen LogP contribution in [0.4, 0.5) is 10.7 Å². The van der Waals surface area contributed by atoms with E-state index in [-0.39, 0.29) is 5.91 Å². The quantitative estimate of drug-likeness (QED) is 0.784. The molecule has 108 valence electrons. The fraction of sp³-hybridized carbons (Fsp3) is 0.385. The zero-order valence-corrected chi connectivity index (χ0v) is 12.7. The van der Waals surface area contributed by atoms with E-state index in [4.69, 9.17) is 5.73 Å². The fourth-order valence-electron chi connectivity index (χ4n) is 1.92. The number of aromatic nitrogens is 2. The third kappa shape index (κ3) is 3.11. The lowest BCUT2D eigenvalue weighted by atomic mass is 10.2. The summed E-state index contributed by atoms with van der Waals surface area (Å²) in [7, 11) is 1.90. The summed E-state index contributed by atoms with van der Waals surface area (Å²) in [4.78, 5) is 12.3. The zero-order valence-electron chi connectivity index (χ0n) is 11.9. The van der Waals surface area contributed by atoms with Gasteiger partial charge in [0.2, 0.25) is 0 Å². The number of nitrogens with two attached hydrogens (primary N) is 1. The maximum Gasteiger partial charge on any atom is 0.263 e. The Kier molecular flexibility index (Phi) is 4.29. The summed E-state index contributed by atoms with van der Waals surface area (Å²) in [5, 5.41) is 11.2. The van der Waals surface area contributed by atoms with E-state index in [0.29, 0.717) is 23.7 Å². The summed E-state index contributed by atoms with van der Waals surface area (Å²) in [5.74, 6) is -0.124. The molecule has 0 spiro atoms. The van der Waals surface area contributed by atoms with Crippen LogP contribution in [-0.2, 0) is 13.6 Å². The number of nitrogen functional groups attached to an aromatic ring is 1. The average molecular weight is 293 g/mol. The van der Waals surface area contributed by atoms with Crippen LogP contribution in [0.3, 0.4) is 0 Å². The Balaban J connectivity index is 2.05. The SMILES string of the molecule is CCNC(=O)c1sc(NCc2cn(C)nc2C)cc1N. The minimum atomic E-state index is -0.124. The van der Waals surface area contributed by atoms with Gasteiger partial charge in [0.1, 0.15) is 4.88 Å². The van der Waals surface area contributed by atoms with Gasteiger partial charge in [-0.05, 0) is 19.9 Å². The molecule has 0 aliphatic rings. The summed E-state index contributed by atoms with van der Waals surface area (Å²) in [5.41, 5.74) is 8.49. The first-order chi connectivity index (χ1) is 9.51. The minimum absolute atomic E-state index is 0.124. The van der Waals surface area contributed by atoms with Gasteiger partial charge in [0.25, 0.3) is 5.91 Å². The number of carbonyl (C=O) groups excluding carboxylic acids is 1. The first-order valence-electron chi connectivity index (χ1n) is 6.41. The number of nitrogens with one attached hydrogen (secondary N) is 2. The van der Waals surface area contributed by atoms with E-state index in [1.165, 1.54) is 11.3 Å². The minimum Gasteiger partial charge on any atom is -0.397 e. The number of amides is 1. The Hall–Kier alpha value is -2.02. The molecule has 0 bridgehead atoms. The molecule has 0 aromatic carbocycles. The van der Waals surface area contributed by atoms with Gasteiger partial charge in [0, 0.05) is 31.9 Å². The van der Waals surface area contributed by atoms with Crippen LogP contribution in [-0.4, -0.2) is 22.2 Å².